The molecule has 1 unspecified atom stereocenters. The van der Waals surface area contributed by atoms with E-state index in [-0.39, 0.29) is 6.17 Å². The Kier molecular flexibility index (Phi) is 16.5. The van der Waals surface area contributed by atoms with Gasteiger partial charge in [-0.2, -0.15) is 0 Å². The molecule has 5 heteroatoms. The first-order valence-corrected chi connectivity index (χ1v) is 22.3. The zero-order chi connectivity index (χ0) is 43.7. The van der Waals surface area contributed by atoms with Crippen molar-refractivity contribution in [2.75, 3.05) is 7.05 Å². The molecule has 6 N–H and O–H groups in total. The molecule has 0 saturated heterocycles. The normalized spacial score (nSPS) is 12.3. The first-order valence-electron chi connectivity index (χ1n) is 21.5. The molecule has 1 aromatic heterocycles. The molecule has 9 rings (SSSR count). The summed E-state index contributed by atoms with van der Waals surface area (Å²) in [6.07, 6.45) is 4.77. The van der Waals surface area contributed by atoms with Gasteiger partial charge in [0.15, 0.2) is 0 Å². The SMILES string of the molecule is CC.CN.Cc1cccc(C2=C(c3cccc(C(N)N/C(=C\Cc4ccccc4)c4ccccc4)c3)CCc3sc4ccccc4c32)c1.N=C(c1ccccc1)c1ccccc1. The molecule has 0 saturated carbocycles. The van der Waals surface area contributed by atoms with E-state index in [1.807, 2.05) is 91.9 Å². The van der Waals surface area contributed by atoms with Crippen LogP contribution in [0.5, 0.6) is 0 Å². The molecule has 0 radical (unpaired) electrons. The van der Waals surface area contributed by atoms with Crippen molar-refractivity contribution in [2.45, 2.75) is 46.2 Å². The number of allylic oxidation sites excluding steroid dienone is 2. The molecule has 0 aliphatic heterocycles. The van der Waals surface area contributed by atoms with Gasteiger partial charge in [-0.3, -0.25) is 5.41 Å². The number of aryl methyl sites for hydroxylation is 2. The largest absolute Gasteiger partial charge is 0.366 e. The van der Waals surface area contributed by atoms with Gasteiger partial charge >= 0.3 is 0 Å². The van der Waals surface area contributed by atoms with Gasteiger partial charge in [0, 0.05) is 26.2 Å². The van der Waals surface area contributed by atoms with Crippen LogP contribution in [0.4, 0.5) is 0 Å². The smallest absolute Gasteiger partial charge is 0.101 e. The van der Waals surface area contributed by atoms with Crippen molar-refractivity contribution in [2.24, 2.45) is 11.5 Å². The van der Waals surface area contributed by atoms with E-state index in [4.69, 9.17) is 11.1 Å². The number of rotatable bonds is 10. The van der Waals surface area contributed by atoms with Gasteiger partial charge in [0.25, 0.3) is 0 Å². The van der Waals surface area contributed by atoms with Gasteiger partial charge in [-0.15, -0.1) is 11.3 Å². The van der Waals surface area contributed by atoms with Gasteiger partial charge in [-0.25, -0.2) is 0 Å². The quantitative estimate of drug-likeness (QED) is 0.0818. The molecule has 8 aromatic rings. The van der Waals surface area contributed by atoms with Gasteiger partial charge in [0.05, 0.1) is 5.71 Å². The third-order valence-electron chi connectivity index (χ3n) is 10.6. The van der Waals surface area contributed by atoms with E-state index in [0.29, 0.717) is 5.71 Å². The monoisotopic (exact) mass is 830 g/mol. The Morgan fingerprint density at radius 3 is 1.81 bits per heavy atom. The lowest BCUT2D eigenvalue weighted by atomic mass is 9.81. The summed E-state index contributed by atoms with van der Waals surface area (Å²) < 4.78 is 1.36. The van der Waals surface area contributed by atoms with E-state index in [0.717, 1.165) is 47.2 Å². The van der Waals surface area contributed by atoms with E-state index in [2.05, 4.69) is 151 Å². The molecule has 4 nitrogen and oxygen atoms in total. The third kappa shape index (κ3) is 11.2. The maximum absolute atomic E-state index is 7.97. The predicted octanol–water partition coefficient (Wildman–Crippen LogP) is 13.6. The van der Waals surface area contributed by atoms with Crippen molar-refractivity contribution in [1.82, 2.24) is 5.32 Å². The van der Waals surface area contributed by atoms with Crippen LogP contribution in [0.25, 0.3) is 26.9 Å². The molecule has 0 amide bonds. The zero-order valence-electron chi connectivity index (χ0n) is 36.3. The molecule has 1 atom stereocenters. The topological polar surface area (TPSA) is 87.9 Å². The molecular weight excluding hydrogens is 773 g/mol. The van der Waals surface area contributed by atoms with Crippen LogP contribution in [0.3, 0.4) is 0 Å². The second-order valence-electron chi connectivity index (χ2n) is 14.6. The van der Waals surface area contributed by atoms with Gasteiger partial charge in [-0.05, 0) is 95.5 Å². The number of nitrogens with two attached hydrogens (primary N) is 2. The van der Waals surface area contributed by atoms with E-state index < -0.39 is 0 Å². The summed E-state index contributed by atoms with van der Waals surface area (Å²) in [7, 11) is 1.50. The number of hydrogen-bond donors (Lipinski definition) is 4. The van der Waals surface area contributed by atoms with E-state index in [1.54, 1.807) is 0 Å². The lowest BCUT2D eigenvalue weighted by Gasteiger charge is -2.24. The summed E-state index contributed by atoms with van der Waals surface area (Å²) in [5, 5.41) is 13.0. The fourth-order valence-electron chi connectivity index (χ4n) is 7.73. The lowest BCUT2D eigenvalue weighted by Crippen LogP contribution is -2.27. The molecule has 0 bridgehead atoms. The van der Waals surface area contributed by atoms with E-state index in [9.17, 15) is 0 Å². The molecule has 0 spiro atoms. The first kappa shape index (κ1) is 44.9. The summed E-state index contributed by atoms with van der Waals surface area (Å²) in [5.41, 5.74) is 26.4. The van der Waals surface area contributed by atoms with E-state index >= 15 is 0 Å². The first-order chi connectivity index (χ1) is 30.5. The Bertz CT molecular complexity index is 2660. The summed E-state index contributed by atoms with van der Waals surface area (Å²) in [6, 6.07) is 67.2. The maximum Gasteiger partial charge on any atom is 0.101 e. The highest BCUT2D eigenvalue weighted by Gasteiger charge is 2.26. The van der Waals surface area contributed by atoms with Crippen molar-refractivity contribution < 1.29 is 0 Å². The third-order valence-corrected chi connectivity index (χ3v) is 11.9. The molecule has 62 heavy (non-hydrogen) atoms. The van der Waals surface area contributed by atoms with Crippen LogP contribution >= 0.6 is 11.3 Å². The van der Waals surface area contributed by atoms with Crippen LogP contribution in [-0.2, 0) is 12.8 Å². The molecule has 0 fully saturated rings. The number of thiophene rings is 1. The minimum absolute atomic E-state index is 0.360. The van der Waals surface area contributed by atoms with Crippen LogP contribution in [0.1, 0.15) is 81.4 Å². The Morgan fingerprint density at radius 2 is 1.18 bits per heavy atom. The summed E-state index contributed by atoms with van der Waals surface area (Å²) >= 11 is 1.94. The number of nitrogens with one attached hydrogen (secondary N) is 2. The Morgan fingerprint density at radius 1 is 0.629 bits per heavy atom. The number of fused-ring (bicyclic) bond motifs is 3. The Hall–Kier alpha value is -6.63. The second-order valence-corrected chi connectivity index (χ2v) is 15.8. The minimum atomic E-state index is -0.360. The minimum Gasteiger partial charge on any atom is -0.366 e. The highest BCUT2D eigenvalue weighted by molar-refractivity contribution is 7.19. The predicted molar refractivity (Wildman–Crippen MR) is 269 cm³/mol. The zero-order valence-corrected chi connectivity index (χ0v) is 37.1. The second kappa shape index (κ2) is 22.8. The number of benzene rings is 7. The van der Waals surface area contributed by atoms with Gasteiger partial charge in [0.1, 0.15) is 6.17 Å². The molecule has 312 valence electrons. The van der Waals surface area contributed by atoms with Crippen LogP contribution < -0.4 is 16.8 Å². The molecule has 7 aromatic carbocycles. The fraction of sp³-hybridized carbons (Fsp3) is 0.140. The van der Waals surface area contributed by atoms with E-state index in [1.165, 1.54) is 61.0 Å². The van der Waals surface area contributed by atoms with Crippen LogP contribution in [0, 0.1) is 12.3 Å². The van der Waals surface area contributed by atoms with Crippen LogP contribution in [0.2, 0.25) is 0 Å². The summed E-state index contributed by atoms with van der Waals surface area (Å²) in [4.78, 5) is 1.48. The maximum atomic E-state index is 7.97. The highest BCUT2D eigenvalue weighted by Crippen LogP contribution is 2.47. The Balaban J connectivity index is 0.000000299. The fourth-order valence-corrected chi connectivity index (χ4v) is 8.94. The molecule has 1 aliphatic carbocycles. The standard InChI is InChI=1S/C41H36N2S.C13H11N.C2H6.CH5N/c1-28-12-10-18-32(26-28)39-34(23-25-38-40(39)35-20-8-9-21-37(35)44-38)31-17-11-19-33(27-31)41(42)43-36(30-15-6-3-7-16-30)24-22-29-13-4-2-5-14-29;14-13(11-7-3-1-4-8-11)12-9-5-2-6-10-12;2*1-2/h2-21,24,26-27,41,43H,22-23,25,42H2,1H3;1-10,14H;1-2H3;2H2,1H3/b36-24-;;;. The Labute approximate surface area is 372 Å². The van der Waals surface area contributed by atoms with Crippen molar-refractivity contribution in [3.63, 3.8) is 0 Å². The summed E-state index contributed by atoms with van der Waals surface area (Å²) in [5.74, 6) is 0. The molecular formula is C57H58N4S. The van der Waals surface area contributed by atoms with Gasteiger partial charge in [0.2, 0.25) is 0 Å². The summed E-state index contributed by atoms with van der Waals surface area (Å²) in [6.45, 7) is 6.18. The average Bonchev–Trinajstić information content (AvgIpc) is 3.74. The van der Waals surface area contributed by atoms with Gasteiger partial charge < -0.3 is 16.8 Å². The molecule has 1 aliphatic rings. The molecule has 1 heterocycles. The van der Waals surface area contributed by atoms with Crippen molar-refractivity contribution in [3.05, 3.63) is 255 Å². The van der Waals surface area contributed by atoms with Crippen molar-refractivity contribution in [3.8, 4) is 0 Å². The number of hydrogen-bond acceptors (Lipinski definition) is 5. The van der Waals surface area contributed by atoms with Gasteiger partial charge in [-0.1, -0.05) is 207 Å². The average molecular weight is 831 g/mol. The van der Waals surface area contributed by atoms with Crippen LogP contribution in [-0.4, -0.2) is 12.8 Å². The van der Waals surface area contributed by atoms with Crippen LogP contribution in [0.15, 0.2) is 200 Å². The lowest BCUT2D eigenvalue weighted by molar-refractivity contribution is 0.665. The van der Waals surface area contributed by atoms with Crippen molar-refractivity contribution >= 4 is 44.0 Å². The van der Waals surface area contributed by atoms with Crippen molar-refractivity contribution in [1.29, 1.82) is 5.41 Å². The highest BCUT2D eigenvalue weighted by atomic mass is 32.1.